The average Bonchev–Trinajstić information content (AvgIpc) is 2.79. The summed E-state index contributed by atoms with van der Waals surface area (Å²) in [6, 6.07) is 22.3. The molecule has 3 aromatic rings. The first-order valence-corrected chi connectivity index (χ1v) is 11.3. The Kier molecular flexibility index (Phi) is 7.46. The minimum absolute atomic E-state index is 0.147. The van der Waals surface area contributed by atoms with E-state index < -0.39 is 10.0 Å². The predicted molar refractivity (Wildman–Crippen MR) is 120 cm³/mol. The number of rotatable bonds is 8. The fourth-order valence-electron chi connectivity index (χ4n) is 2.99. The van der Waals surface area contributed by atoms with Gasteiger partial charge in [0.15, 0.2) is 0 Å². The van der Waals surface area contributed by atoms with E-state index in [1.54, 1.807) is 36.4 Å². The summed E-state index contributed by atoms with van der Waals surface area (Å²) in [7, 11) is -0.842. The molecule has 0 saturated carbocycles. The Morgan fingerprint density at radius 2 is 1.42 bits per heavy atom. The van der Waals surface area contributed by atoms with Crippen LogP contribution < -0.4 is 0 Å². The van der Waals surface area contributed by atoms with E-state index in [-0.39, 0.29) is 23.9 Å². The number of hydrogen-bond acceptors (Lipinski definition) is 4. The molecule has 0 aliphatic rings. The van der Waals surface area contributed by atoms with E-state index in [2.05, 4.69) is 0 Å². The molecule has 8 heteroatoms. The largest absolute Gasteiger partial charge is 0.277 e. The second-order valence-electron chi connectivity index (χ2n) is 6.89. The molecule has 0 atom stereocenters. The Balaban J connectivity index is 1.90. The lowest BCUT2D eigenvalue weighted by Gasteiger charge is -2.23. The smallest absolute Gasteiger partial charge is 0.274 e. The van der Waals surface area contributed by atoms with Gasteiger partial charge in [-0.25, -0.2) is 13.5 Å². The van der Waals surface area contributed by atoms with Crippen molar-refractivity contribution in [2.75, 3.05) is 14.2 Å². The molecule has 0 N–H and O–H groups in total. The maximum atomic E-state index is 13.4. The van der Waals surface area contributed by atoms with Crippen LogP contribution in [0.1, 0.15) is 21.5 Å². The summed E-state index contributed by atoms with van der Waals surface area (Å²) >= 11 is 5.93. The van der Waals surface area contributed by atoms with Crippen molar-refractivity contribution in [3.63, 3.8) is 0 Å². The maximum absolute atomic E-state index is 13.4. The van der Waals surface area contributed by atoms with Crippen molar-refractivity contribution in [2.45, 2.75) is 18.0 Å². The van der Waals surface area contributed by atoms with Crippen molar-refractivity contribution in [1.29, 1.82) is 0 Å². The molecule has 0 spiro atoms. The summed E-state index contributed by atoms with van der Waals surface area (Å²) in [4.78, 5) is 17.3. The monoisotopic (exact) mass is 458 g/mol. The highest BCUT2D eigenvalue weighted by Gasteiger charge is 2.25. The van der Waals surface area contributed by atoms with E-state index in [9.17, 15) is 13.2 Å². The molecule has 162 valence electrons. The van der Waals surface area contributed by atoms with Crippen molar-refractivity contribution >= 4 is 27.5 Å². The highest BCUT2D eigenvalue weighted by molar-refractivity contribution is 7.89. The van der Waals surface area contributed by atoms with Crippen LogP contribution in [0, 0.1) is 0 Å². The number of sulfonamides is 1. The Hall–Kier alpha value is -2.71. The third-order valence-corrected chi connectivity index (χ3v) is 6.83. The minimum Gasteiger partial charge on any atom is -0.274 e. The number of hydroxylamine groups is 2. The first kappa shape index (κ1) is 23.0. The quantitative estimate of drug-likeness (QED) is 0.470. The van der Waals surface area contributed by atoms with Gasteiger partial charge in [-0.05, 0) is 47.5 Å². The zero-order valence-electron chi connectivity index (χ0n) is 17.2. The van der Waals surface area contributed by atoms with Gasteiger partial charge in [-0.3, -0.25) is 9.63 Å². The number of amides is 1. The van der Waals surface area contributed by atoms with Crippen LogP contribution in [0.25, 0.3) is 0 Å². The van der Waals surface area contributed by atoms with E-state index in [4.69, 9.17) is 16.4 Å². The molecule has 0 unspecified atom stereocenters. The summed E-state index contributed by atoms with van der Waals surface area (Å²) < 4.78 is 28.1. The van der Waals surface area contributed by atoms with E-state index >= 15 is 0 Å². The van der Waals surface area contributed by atoms with Crippen molar-refractivity contribution in [2.24, 2.45) is 0 Å². The second-order valence-corrected chi connectivity index (χ2v) is 9.27. The molecule has 3 aromatic carbocycles. The van der Waals surface area contributed by atoms with Gasteiger partial charge >= 0.3 is 0 Å². The highest BCUT2D eigenvalue weighted by atomic mass is 35.5. The van der Waals surface area contributed by atoms with Gasteiger partial charge in [-0.15, -0.1) is 0 Å². The van der Waals surface area contributed by atoms with Crippen LogP contribution in [-0.2, 0) is 28.0 Å². The lowest BCUT2D eigenvalue weighted by Crippen LogP contribution is -2.30. The van der Waals surface area contributed by atoms with Crippen LogP contribution in [0.4, 0.5) is 0 Å². The zero-order valence-corrected chi connectivity index (χ0v) is 18.8. The number of carbonyl (C=O) groups is 1. The molecule has 0 bridgehead atoms. The predicted octanol–water partition coefficient (Wildman–Crippen LogP) is 4.36. The molecular formula is C23H23ClN2O4S. The third-order valence-electron chi connectivity index (χ3n) is 4.77. The maximum Gasteiger partial charge on any atom is 0.277 e. The van der Waals surface area contributed by atoms with Gasteiger partial charge in [0.2, 0.25) is 10.0 Å². The number of benzene rings is 3. The summed E-state index contributed by atoms with van der Waals surface area (Å²) in [5.74, 6) is -0.288. The molecule has 0 heterocycles. The van der Waals surface area contributed by atoms with Gasteiger partial charge in [0.25, 0.3) is 5.91 Å². The average molecular weight is 459 g/mol. The van der Waals surface area contributed by atoms with Gasteiger partial charge in [-0.1, -0.05) is 54.1 Å². The molecule has 0 aliphatic carbocycles. The fourth-order valence-corrected chi connectivity index (χ4v) is 4.53. The van der Waals surface area contributed by atoms with Gasteiger partial charge in [0.1, 0.15) is 0 Å². The van der Waals surface area contributed by atoms with Crippen molar-refractivity contribution < 1.29 is 18.0 Å². The van der Waals surface area contributed by atoms with E-state index in [1.807, 2.05) is 30.3 Å². The molecule has 0 aromatic heterocycles. The van der Waals surface area contributed by atoms with Gasteiger partial charge in [-0.2, -0.15) is 4.31 Å². The summed E-state index contributed by atoms with van der Waals surface area (Å²) in [6.45, 7) is 0.354. The number of carbonyl (C=O) groups excluding carboxylic acids is 1. The van der Waals surface area contributed by atoms with E-state index in [0.717, 1.165) is 16.2 Å². The summed E-state index contributed by atoms with van der Waals surface area (Å²) in [6.07, 6.45) is 0. The lowest BCUT2D eigenvalue weighted by atomic mass is 10.1. The van der Waals surface area contributed by atoms with Crippen LogP contribution in [-0.4, -0.2) is 37.9 Å². The normalized spacial score (nSPS) is 11.5. The van der Waals surface area contributed by atoms with Crippen molar-refractivity contribution in [3.8, 4) is 0 Å². The molecule has 6 nitrogen and oxygen atoms in total. The Morgan fingerprint density at radius 1 is 0.871 bits per heavy atom. The number of nitrogens with zero attached hydrogens (tertiary/aromatic N) is 2. The number of hydrogen-bond donors (Lipinski definition) is 0. The SMILES string of the molecule is CON(C)C(=O)c1ccc(CN(Cc2ccccc2)S(=O)(=O)c2ccc(Cl)cc2)cc1. The molecule has 0 radical (unpaired) electrons. The number of halogens is 1. The standard InChI is InChI=1S/C23H23ClN2O4S/c1-25(30-2)23(27)20-10-8-19(9-11-20)17-26(16-18-6-4-3-5-7-18)31(28,29)22-14-12-21(24)13-15-22/h3-15H,16-17H2,1-2H3. The lowest BCUT2D eigenvalue weighted by molar-refractivity contribution is -0.0757. The molecule has 0 aliphatic heterocycles. The fraction of sp³-hybridized carbons (Fsp3) is 0.174. The second kappa shape index (κ2) is 10.1. The highest BCUT2D eigenvalue weighted by Crippen LogP contribution is 2.23. The van der Waals surface area contributed by atoms with Crippen molar-refractivity contribution in [3.05, 3.63) is 101 Å². The molecule has 3 rings (SSSR count). The Labute approximate surface area is 187 Å². The summed E-state index contributed by atoms with van der Waals surface area (Å²) in [5.41, 5.74) is 2.07. The van der Waals surface area contributed by atoms with Gasteiger partial charge in [0, 0.05) is 30.7 Å². The van der Waals surface area contributed by atoms with Crippen LogP contribution in [0.15, 0.2) is 83.8 Å². The van der Waals surface area contributed by atoms with Gasteiger partial charge < -0.3 is 0 Å². The summed E-state index contributed by atoms with van der Waals surface area (Å²) in [5, 5.41) is 1.59. The molecular weight excluding hydrogens is 436 g/mol. The van der Waals surface area contributed by atoms with Crippen LogP contribution in [0.3, 0.4) is 0 Å². The topological polar surface area (TPSA) is 66.9 Å². The van der Waals surface area contributed by atoms with Crippen LogP contribution in [0.5, 0.6) is 0 Å². The first-order valence-electron chi connectivity index (χ1n) is 9.52. The van der Waals surface area contributed by atoms with Gasteiger partial charge in [0.05, 0.1) is 12.0 Å². The molecule has 0 fully saturated rings. The zero-order chi connectivity index (χ0) is 22.4. The van der Waals surface area contributed by atoms with Crippen LogP contribution >= 0.6 is 11.6 Å². The Bertz CT molecular complexity index is 1120. The first-order chi connectivity index (χ1) is 14.8. The molecule has 0 saturated heterocycles. The molecule has 31 heavy (non-hydrogen) atoms. The van der Waals surface area contributed by atoms with E-state index in [0.29, 0.717) is 10.6 Å². The molecule has 1 amide bonds. The van der Waals surface area contributed by atoms with Crippen molar-refractivity contribution in [1.82, 2.24) is 9.37 Å². The van der Waals surface area contributed by atoms with E-state index in [1.165, 1.54) is 30.6 Å². The Morgan fingerprint density at radius 3 is 1.97 bits per heavy atom. The van der Waals surface area contributed by atoms with Crippen LogP contribution in [0.2, 0.25) is 5.02 Å². The minimum atomic E-state index is -3.78. The third kappa shape index (κ3) is 5.71.